The molecule has 132 valence electrons. The first-order chi connectivity index (χ1) is 11.2. The highest BCUT2D eigenvalue weighted by Gasteiger charge is 2.04. The summed E-state index contributed by atoms with van der Waals surface area (Å²) in [6, 6.07) is 2.97. The van der Waals surface area contributed by atoms with Crippen LogP contribution >= 0.6 is 35.3 Å². The van der Waals surface area contributed by atoms with Crippen LogP contribution in [0.25, 0.3) is 0 Å². The van der Waals surface area contributed by atoms with E-state index in [4.69, 9.17) is 0 Å². The van der Waals surface area contributed by atoms with Gasteiger partial charge in [-0.15, -0.1) is 35.3 Å². The molecule has 0 bridgehead atoms. The summed E-state index contributed by atoms with van der Waals surface area (Å²) in [4.78, 5) is 14.1. The number of halogens is 2. The van der Waals surface area contributed by atoms with Crippen LogP contribution in [0.4, 0.5) is 4.39 Å². The molecule has 0 amide bonds. The summed E-state index contributed by atoms with van der Waals surface area (Å²) < 4.78 is 13.6. The third-order valence-electron chi connectivity index (χ3n) is 3.15. The molecule has 0 radical (unpaired) electrons. The van der Waals surface area contributed by atoms with Crippen molar-refractivity contribution in [1.82, 2.24) is 20.6 Å². The smallest absolute Gasteiger partial charge is 0.191 e. The third-order valence-corrected chi connectivity index (χ3v) is 4.35. The topological polar surface area (TPSA) is 62.2 Å². The molecule has 5 nitrogen and oxygen atoms in total. The van der Waals surface area contributed by atoms with Gasteiger partial charge >= 0.3 is 0 Å². The maximum atomic E-state index is 13.6. The molecule has 2 rings (SSSR count). The zero-order chi connectivity index (χ0) is 16.5. The molecule has 2 N–H and O–H groups in total. The first-order valence-electron chi connectivity index (χ1n) is 7.78. The first-order valence-corrected chi connectivity index (χ1v) is 8.59. The monoisotopic (exact) mass is 463 g/mol. The first kappa shape index (κ1) is 20.8. The number of nitrogens with one attached hydrogen (secondary N) is 2. The molecule has 0 unspecified atom stereocenters. The summed E-state index contributed by atoms with van der Waals surface area (Å²) >= 11 is 1.74. The van der Waals surface area contributed by atoms with Crippen molar-refractivity contribution < 1.29 is 4.39 Å². The highest BCUT2D eigenvalue weighted by Crippen LogP contribution is 2.13. The van der Waals surface area contributed by atoms with Gasteiger partial charge < -0.3 is 10.6 Å². The van der Waals surface area contributed by atoms with Crippen LogP contribution in [0, 0.1) is 5.82 Å². The normalized spacial score (nSPS) is 11.0. The lowest BCUT2D eigenvalue weighted by Gasteiger charge is -2.10. The average Bonchev–Trinajstić information content (AvgIpc) is 3.02. The predicted molar refractivity (Wildman–Crippen MR) is 108 cm³/mol. The number of nitrogens with zero attached hydrogens (tertiary/aromatic N) is 3. The second kappa shape index (κ2) is 11.3. The maximum Gasteiger partial charge on any atom is 0.191 e. The van der Waals surface area contributed by atoms with E-state index >= 15 is 0 Å². The van der Waals surface area contributed by atoms with Gasteiger partial charge in [0.2, 0.25) is 0 Å². The van der Waals surface area contributed by atoms with Crippen molar-refractivity contribution >= 4 is 41.3 Å². The summed E-state index contributed by atoms with van der Waals surface area (Å²) in [6.45, 7) is 5.80. The maximum absolute atomic E-state index is 13.6. The summed E-state index contributed by atoms with van der Waals surface area (Å²) in [5.41, 5.74) is 0.345. The van der Waals surface area contributed by atoms with Gasteiger partial charge in [0.25, 0.3) is 0 Å². The van der Waals surface area contributed by atoms with Crippen LogP contribution in [0.2, 0.25) is 0 Å². The lowest BCUT2D eigenvalue weighted by atomic mass is 10.3. The molecule has 2 heterocycles. The Balaban J connectivity index is 0.00000288. The Morgan fingerprint density at radius 2 is 2.12 bits per heavy atom. The van der Waals surface area contributed by atoms with E-state index < -0.39 is 0 Å². The van der Waals surface area contributed by atoms with Crippen molar-refractivity contribution in [3.05, 3.63) is 45.9 Å². The fraction of sp³-hybridized carbons (Fsp3) is 0.438. The summed E-state index contributed by atoms with van der Waals surface area (Å²) in [5, 5.41) is 7.50. The Labute approximate surface area is 163 Å². The lowest BCUT2D eigenvalue weighted by Crippen LogP contribution is -2.38. The van der Waals surface area contributed by atoms with Crippen LogP contribution in [0.1, 0.15) is 29.4 Å². The molecule has 2 aromatic rings. The minimum Gasteiger partial charge on any atom is -0.357 e. The Bertz CT molecular complexity index is 647. The Morgan fingerprint density at radius 1 is 1.29 bits per heavy atom. The molecule has 0 saturated heterocycles. The zero-order valence-electron chi connectivity index (χ0n) is 13.9. The molecule has 0 fully saturated rings. The van der Waals surface area contributed by atoms with Crippen molar-refractivity contribution in [3.63, 3.8) is 0 Å². The highest BCUT2D eigenvalue weighted by molar-refractivity contribution is 14.0. The summed E-state index contributed by atoms with van der Waals surface area (Å²) in [5.74, 6) is 0.326. The molecule has 2 aromatic heterocycles. The predicted octanol–water partition coefficient (Wildman–Crippen LogP) is 3.16. The largest absolute Gasteiger partial charge is 0.357 e. The number of aromatic nitrogens is 2. The van der Waals surface area contributed by atoms with E-state index in [1.807, 2.05) is 13.1 Å². The van der Waals surface area contributed by atoms with Crippen LogP contribution < -0.4 is 10.6 Å². The molecule has 0 spiro atoms. The van der Waals surface area contributed by atoms with Gasteiger partial charge in [-0.2, -0.15) is 0 Å². The molecule has 0 atom stereocenters. The highest BCUT2D eigenvalue weighted by atomic mass is 127. The van der Waals surface area contributed by atoms with E-state index in [0.29, 0.717) is 11.7 Å². The standard InChI is InChI=1S/C16H22FN5S.HI/c1-3-12-10-21-15(23-12)7-9-20-16(18-4-2)22-11-14-13(17)6-5-8-19-14;/h5-6,8,10H,3-4,7,9,11H2,1-2H3,(H2,18,20,22);1H. The van der Waals surface area contributed by atoms with E-state index in [9.17, 15) is 4.39 Å². The molecule has 0 aromatic carbocycles. The lowest BCUT2D eigenvalue weighted by molar-refractivity contribution is 0.599. The van der Waals surface area contributed by atoms with E-state index in [2.05, 4.69) is 32.5 Å². The molecular weight excluding hydrogens is 440 g/mol. The van der Waals surface area contributed by atoms with Crippen LogP contribution in [0.15, 0.2) is 29.5 Å². The van der Waals surface area contributed by atoms with E-state index in [1.54, 1.807) is 23.6 Å². The fourth-order valence-electron chi connectivity index (χ4n) is 1.95. The van der Waals surface area contributed by atoms with E-state index in [0.717, 1.165) is 30.9 Å². The van der Waals surface area contributed by atoms with E-state index in [1.165, 1.54) is 10.9 Å². The van der Waals surface area contributed by atoms with Crippen LogP contribution in [0.3, 0.4) is 0 Å². The van der Waals surface area contributed by atoms with Gasteiger partial charge in [-0.05, 0) is 25.5 Å². The molecule has 0 saturated carbocycles. The van der Waals surface area contributed by atoms with Crippen LogP contribution in [-0.2, 0) is 19.4 Å². The molecular formula is C16H23FIN5S. The number of aliphatic imine (C=N–C) groups is 1. The molecule has 0 aliphatic rings. The number of guanidine groups is 1. The van der Waals surface area contributed by atoms with Crippen LogP contribution in [0.5, 0.6) is 0 Å². The van der Waals surface area contributed by atoms with Crippen molar-refractivity contribution in [3.8, 4) is 0 Å². The number of aryl methyl sites for hydroxylation is 1. The van der Waals surface area contributed by atoms with Gasteiger partial charge in [0, 0.05) is 36.8 Å². The van der Waals surface area contributed by atoms with Gasteiger partial charge in [0.1, 0.15) is 5.82 Å². The Kier molecular flexibility index (Phi) is 9.77. The molecule has 24 heavy (non-hydrogen) atoms. The number of rotatable bonds is 7. The Hall–Kier alpha value is -1.29. The molecule has 8 heteroatoms. The third kappa shape index (κ3) is 6.68. The molecule has 0 aliphatic carbocycles. The van der Waals surface area contributed by atoms with Crippen molar-refractivity contribution in [2.24, 2.45) is 4.99 Å². The number of thiazole rings is 1. The van der Waals surface area contributed by atoms with Gasteiger partial charge in [-0.25, -0.2) is 14.4 Å². The number of hydrogen-bond acceptors (Lipinski definition) is 4. The van der Waals surface area contributed by atoms with Gasteiger partial charge in [0.15, 0.2) is 5.96 Å². The van der Waals surface area contributed by atoms with Gasteiger partial charge in [-0.1, -0.05) is 6.92 Å². The SMILES string of the molecule is CCNC(=NCc1ncccc1F)NCCc1ncc(CC)s1.I. The van der Waals surface area contributed by atoms with Gasteiger partial charge in [0.05, 0.1) is 17.2 Å². The Morgan fingerprint density at radius 3 is 2.79 bits per heavy atom. The van der Waals surface area contributed by atoms with Gasteiger partial charge in [-0.3, -0.25) is 4.98 Å². The summed E-state index contributed by atoms with van der Waals surface area (Å²) in [6.07, 6.45) is 5.36. The van der Waals surface area contributed by atoms with Crippen LogP contribution in [-0.4, -0.2) is 29.0 Å². The zero-order valence-corrected chi connectivity index (χ0v) is 17.0. The van der Waals surface area contributed by atoms with Crippen molar-refractivity contribution in [2.75, 3.05) is 13.1 Å². The minimum absolute atomic E-state index is 0. The fourth-order valence-corrected chi connectivity index (χ4v) is 2.81. The van der Waals surface area contributed by atoms with Crippen molar-refractivity contribution in [2.45, 2.75) is 33.2 Å². The quantitative estimate of drug-likeness (QED) is 0.376. The number of hydrogen-bond donors (Lipinski definition) is 2. The van der Waals surface area contributed by atoms with Crippen molar-refractivity contribution in [1.29, 1.82) is 0 Å². The second-order valence-electron chi connectivity index (χ2n) is 4.88. The number of pyridine rings is 1. The average molecular weight is 463 g/mol. The summed E-state index contributed by atoms with van der Waals surface area (Å²) in [7, 11) is 0. The molecule has 0 aliphatic heterocycles. The van der Waals surface area contributed by atoms with E-state index in [-0.39, 0.29) is 36.3 Å². The second-order valence-corrected chi connectivity index (χ2v) is 6.08. The minimum atomic E-state index is -0.332.